The predicted molar refractivity (Wildman–Crippen MR) is 107 cm³/mol. The molecule has 6 atom stereocenters. The van der Waals surface area contributed by atoms with Crippen LogP contribution < -0.4 is 10.6 Å². The number of rotatable bonds is 9. The van der Waals surface area contributed by atoms with Gasteiger partial charge >= 0.3 is 0 Å². The molecule has 3 fully saturated rings. The molecule has 3 aliphatic heterocycles. The quantitative estimate of drug-likeness (QED) is 0.483. The topological polar surface area (TPSA) is 108 Å². The van der Waals surface area contributed by atoms with Crippen LogP contribution in [0.25, 0.3) is 0 Å². The van der Waals surface area contributed by atoms with Crippen LogP contribution in [0.15, 0.2) is 0 Å². The zero-order valence-electron chi connectivity index (χ0n) is 18.0. The normalized spacial score (nSPS) is 36.2. The van der Waals surface area contributed by atoms with Crippen LogP contribution in [0.2, 0.25) is 0 Å². The first-order valence-electron chi connectivity index (χ1n) is 11.0. The Bertz CT molecular complexity index is 667. The molecule has 0 aliphatic carbocycles. The number of ether oxygens (including phenoxy) is 1. The van der Waals surface area contributed by atoms with E-state index in [9.17, 15) is 19.5 Å². The lowest BCUT2D eigenvalue weighted by atomic mass is 9.65. The summed E-state index contributed by atoms with van der Waals surface area (Å²) >= 11 is 0. The molecule has 2 unspecified atom stereocenters. The lowest BCUT2D eigenvalue weighted by Gasteiger charge is -2.37. The fourth-order valence-electron chi connectivity index (χ4n) is 5.80. The van der Waals surface area contributed by atoms with E-state index in [1.807, 2.05) is 20.8 Å². The van der Waals surface area contributed by atoms with Gasteiger partial charge in [0.1, 0.15) is 11.6 Å². The van der Waals surface area contributed by atoms with Gasteiger partial charge in [-0.1, -0.05) is 27.2 Å². The highest BCUT2D eigenvalue weighted by atomic mass is 16.5. The number of hydrogen-bond donors (Lipinski definition) is 3. The summed E-state index contributed by atoms with van der Waals surface area (Å²) < 4.78 is 6.57. The number of fused-ring (bicyclic) bond motifs is 1. The summed E-state index contributed by atoms with van der Waals surface area (Å²) in [5.41, 5.74) is -1.72. The molecule has 3 saturated heterocycles. The Morgan fingerprint density at radius 1 is 1.28 bits per heavy atom. The van der Waals surface area contributed by atoms with Gasteiger partial charge in [0.25, 0.3) is 0 Å². The van der Waals surface area contributed by atoms with Crippen molar-refractivity contribution >= 4 is 17.7 Å². The number of unbranched alkanes of at least 4 members (excludes halogenated alkanes) is 1. The number of nitrogens with zero attached hydrogens (tertiary/aromatic N) is 1. The summed E-state index contributed by atoms with van der Waals surface area (Å²) in [6.45, 7) is 6.20. The Labute approximate surface area is 172 Å². The minimum atomic E-state index is -1.01. The Morgan fingerprint density at radius 2 is 2.00 bits per heavy atom. The third kappa shape index (κ3) is 3.06. The van der Waals surface area contributed by atoms with Crippen LogP contribution in [0.1, 0.15) is 59.3 Å². The highest BCUT2D eigenvalue weighted by Gasteiger charge is 2.78. The first kappa shape index (κ1) is 22.0. The van der Waals surface area contributed by atoms with Crippen molar-refractivity contribution in [1.82, 2.24) is 15.5 Å². The summed E-state index contributed by atoms with van der Waals surface area (Å²) in [4.78, 5) is 41.3. The number of aliphatic hydroxyl groups is 1. The highest BCUT2D eigenvalue weighted by molar-refractivity contribution is 5.99. The first-order valence-corrected chi connectivity index (χ1v) is 11.0. The van der Waals surface area contributed by atoms with E-state index in [1.165, 1.54) is 4.90 Å². The standard InChI is InChI=1S/C21H35N3O5/c1-5-8-11-23-18(27)16-21-10-9-20(7-3,29-21)14(17(26)22-4)15(21)19(28)24(16)13(6-2)12-25/h13-16,25H,5-12H2,1-4H3,(H,22,26)(H,23,27)/t13-,14-,15-,16?,20+,21?/m0/s1. The number of nitrogens with one attached hydrogen (secondary N) is 2. The van der Waals surface area contributed by atoms with E-state index in [0.29, 0.717) is 32.2 Å². The SMILES string of the molecule is CCCCNC(=O)C1N([C@@H](CC)CO)C(=O)[C@@H]2[C@@H](C(=O)NC)[C@@]3(CC)CCC12O3. The molecule has 3 amide bonds. The average Bonchev–Trinajstić information content (AvgIpc) is 3.33. The summed E-state index contributed by atoms with van der Waals surface area (Å²) in [6.07, 6.45) is 4.14. The maximum absolute atomic E-state index is 13.6. The highest BCUT2D eigenvalue weighted by Crippen LogP contribution is 2.64. The van der Waals surface area contributed by atoms with E-state index in [-0.39, 0.29) is 24.3 Å². The summed E-state index contributed by atoms with van der Waals surface area (Å²) in [5.74, 6) is -2.02. The van der Waals surface area contributed by atoms with Gasteiger partial charge < -0.3 is 25.4 Å². The molecule has 8 nitrogen and oxygen atoms in total. The molecule has 3 heterocycles. The molecule has 3 rings (SSSR count). The van der Waals surface area contributed by atoms with Crippen molar-refractivity contribution in [3.63, 3.8) is 0 Å². The van der Waals surface area contributed by atoms with Gasteiger partial charge in [-0.25, -0.2) is 0 Å². The van der Waals surface area contributed by atoms with Gasteiger partial charge in [-0.15, -0.1) is 0 Å². The lowest BCUT2D eigenvalue weighted by Crippen LogP contribution is -2.58. The average molecular weight is 410 g/mol. The molecule has 3 N–H and O–H groups in total. The van der Waals surface area contributed by atoms with Gasteiger partial charge in [0, 0.05) is 13.6 Å². The predicted octanol–water partition coefficient (Wildman–Crippen LogP) is 0.574. The maximum Gasteiger partial charge on any atom is 0.245 e. The molecule has 164 valence electrons. The van der Waals surface area contributed by atoms with Crippen LogP contribution in [0.4, 0.5) is 0 Å². The molecule has 0 aromatic carbocycles. The van der Waals surface area contributed by atoms with E-state index < -0.39 is 35.1 Å². The van der Waals surface area contributed by atoms with Crippen molar-refractivity contribution in [2.24, 2.45) is 11.8 Å². The van der Waals surface area contributed by atoms with E-state index >= 15 is 0 Å². The third-order valence-electron chi connectivity index (χ3n) is 7.30. The Hall–Kier alpha value is -1.67. The number of carbonyl (C=O) groups excluding carboxylic acids is 3. The van der Waals surface area contributed by atoms with Gasteiger partial charge in [0.2, 0.25) is 17.7 Å². The van der Waals surface area contributed by atoms with Crippen LogP contribution in [0.5, 0.6) is 0 Å². The molecule has 29 heavy (non-hydrogen) atoms. The van der Waals surface area contributed by atoms with E-state index in [0.717, 1.165) is 12.8 Å². The molecule has 8 heteroatoms. The van der Waals surface area contributed by atoms with Gasteiger partial charge in [-0.2, -0.15) is 0 Å². The fourth-order valence-corrected chi connectivity index (χ4v) is 5.80. The van der Waals surface area contributed by atoms with Gasteiger partial charge in [-0.05, 0) is 32.1 Å². The Balaban J connectivity index is 2.06. The lowest BCUT2D eigenvalue weighted by molar-refractivity contribution is -0.151. The molecular formula is C21H35N3O5. The van der Waals surface area contributed by atoms with Crippen LogP contribution in [0.3, 0.4) is 0 Å². The van der Waals surface area contributed by atoms with E-state index in [4.69, 9.17) is 4.74 Å². The number of carbonyl (C=O) groups is 3. The minimum absolute atomic E-state index is 0.212. The van der Waals surface area contributed by atoms with Crippen molar-refractivity contribution in [2.45, 2.75) is 82.6 Å². The second-order valence-electron chi connectivity index (χ2n) is 8.58. The molecule has 0 saturated carbocycles. The summed E-state index contributed by atoms with van der Waals surface area (Å²) in [6, 6.07) is -1.30. The number of likely N-dealkylation sites (tertiary alicyclic amines) is 1. The van der Waals surface area contributed by atoms with Gasteiger partial charge in [0.15, 0.2) is 0 Å². The molecule has 0 aromatic rings. The molecule has 1 spiro atoms. The molecular weight excluding hydrogens is 374 g/mol. The fraction of sp³-hybridized carbons (Fsp3) is 0.857. The molecule has 3 aliphatic rings. The van der Waals surface area contributed by atoms with Crippen LogP contribution in [-0.2, 0) is 19.1 Å². The Morgan fingerprint density at radius 3 is 2.55 bits per heavy atom. The number of amides is 3. The van der Waals surface area contributed by atoms with Gasteiger partial charge in [-0.3, -0.25) is 14.4 Å². The summed E-state index contributed by atoms with van der Waals surface area (Å²) in [5, 5.41) is 15.6. The van der Waals surface area contributed by atoms with Crippen molar-refractivity contribution in [1.29, 1.82) is 0 Å². The molecule has 0 radical (unpaired) electrons. The van der Waals surface area contributed by atoms with Crippen molar-refractivity contribution in [3.05, 3.63) is 0 Å². The van der Waals surface area contributed by atoms with Gasteiger partial charge in [0.05, 0.1) is 30.1 Å². The zero-order valence-corrected chi connectivity index (χ0v) is 18.0. The molecule has 2 bridgehead atoms. The Kier molecular flexibility index (Phi) is 6.24. The van der Waals surface area contributed by atoms with Crippen LogP contribution >= 0.6 is 0 Å². The second-order valence-corrected chi connectivity index (χ2v) is 8.58. The summed E-state index contributed by atoms with van der Waals surface area (Å²) in [7, 11) is 1.57. The second kappa shape index (κ2) is 8.22. The van der Waals surface area contributed by atoms with E-state index in [2.05, 4.69) is 10.6 Å². The smallest absolute Gasteiger partial charge is 0.245 e. The zero-order chi connectivity index (χ0) is 21.4. The van der Waals surface area contributed by atoms with Crippen molar-refractivity contribution < 1.29 is 24.2 Å². The van der Waals surface area contributed by atoms with E-state index in [1.54, 1.807) is 7.05 Å². The van der Waals surface area contributed by atoms with Crippen molar-refractivity contribution in [2.75, 3.05) is 20.2 Å². The number of hydrogen-bond acceptors (Lipinski definition) is 5. The first-order chi connectivity index (χ1) is 13.9. The minimum Gasteiger partial charge on any atom is -0.394 e. The molecule has 0 aromatic heterocycles. The number of aliphatic hydroxyl groups excluding tert-OH is 1. The monoisotopic (exact) mass is 409 g/mol. The maximum atomic E-state index is 13.6. The van der Waals surface area contributed by atoms with Crippen LogP contribution in [-0.4, -0.2) is 71.2 Å². The third-order valence-corrected chi connectivity index (χ3v) is 7.30. The van der Waals surface area contributed by atoms with Crippen molar-refractivity contribution in [3.8, 4) is 0 Å². The van der Waals surface area contributed by atoms with Crippen LogP contribution in [0, 0.1) is 11.8 Å². The largest absolute Gasteiger partial charge is 0.394 e.